The second-order valence-electron chi connectivity index (χ2n) is 6.93. The number of nitrogens with zero attached hydrogens (tertiary/aromatic N) is 3. The highest BCUT2D eigenvalue weighted by Crippen LogP contribution is 2.37. The van der Waals surface area contributed by atoms with Gasteiger partial charge in [-0.1, -0.05) is 29.8 Å². The third-order valence-electron chi connectivity index (χ3n) is 4.86. The van der Waals surface area contributed by atoms with Crippen molar-refractivity contribution in [1.82, 2.24) is 4.90 Å². The molecule has 11 heteroatoms. The number of halogens is 2. The molecule has 2 heterocycles. The molecule has 1 saturated heterocycles. The molecule has 0 radical (unpaired) electrons. The van der Waals surface area contributed by atoms with Gasteiger partial charge in [0.25, 0.3) is 17.5 Å². The minimum atomic E-state index is -0.797. The van der Waals surface area contributed by atoms with Crippen LogP contribution in [0.4, 0.5) is 16.2 Å². The van der Waals surface area contributed by atoms with Crippen molar-refractivity contribution in [3.05, 3.63) is 85.5 Å². The van der Waals surface area contributed by atoms with Crippen LogP contribution in [-0.4, -0.2) is 34.7 Å². The van der Waals surface area contributed by atoms with Crippen molar-refractivity contribution in [1.29, 1.82) is 0 Å². The fraction of sp³-hybridized carbons (Fsp3) is 0.0455. The van der Waals surface area contributed by atoms with Gasteiger partial charge in [0.05, 0.1) is 15.6 Å². The summed E-state index contributed by atoms with van der Waals surface area (Å²) in [5.41, 5.74) is 0.125. The zero-order valence-corrected chi connectivity index (χ0v) is 19.2. The predicted octanol–water partition coefficient (Wildman–Crippen LogP) is 5.28. The van der Waals surface area contributed by atoms with E-state index >= 15 is 0 Å². The second kappa shape index (κ2) is 8.64. The lowest BCUT2D eigenvalue weighted by Gasteiger charge is -2.31. The fourth-order valence-electron chi connectivity index (χ4n) is 3.22. The molecule has 1 aromatic heterocycles. The first-order valence-electron chi connectivity index (χ1n) is 9.36. The first-order chi connectivity index (χ1) is 15.7. The molecule has 33 heavy (non-hydrogen) atoms. The summed E-state index contributed by atoms with van der Waals surface area (Å²) < 4.78 is 5.84. The molecule has 3 aromatic rings. The van der Waals surface area contributed by atoms with Crippen LogP contribution in [0.25, 0.3) is 17.4 Å². The van der Waals surface area contributed by atoms with Crippen molar-refractivity contribution in [2.75, 3.05) is 11.9 Å². The van der Waals surface area contributed by atoms with Crippen LogP contribution in [0, 0.1) is 10.1 Å². The number of carbonyl (C=O) groups excluding carboxylic acids is 3. The van der Waals surface area contributed by atoms with Gasteiger partial charge in [0.1, 0.15) is 21.6 Å². The molecule has 0 N–H and O–H groups in total. The van der Waals surface area contributed by atoms with E-state index in [2.05, 4.69) is 15.9 Å². The third kappa shape index (κ3) is 4.06. The van der Waals surface area contributed by atoms with Crippen molar-refractivity contribution in [3.63, 3.8) is 0 Å². The van der Waals surface area contributed by atoms with Crippen molar-refractivity contribution < 1.29 is 23.7 Å². The number of para-hydroxylation sites is 1. The molecule has 0 spiro atoms. The van der Waals surface area contributed by atoms with E-state index in [1.807, 2.05) is 0 Å². The number of nitro benzene ring substituents is 1. The van der Waals surface area contributed by atoms with Crippen LogP contribution in [0.3, 0.4) is 0 Å². The fourth-order valence-corrected chi connectivity index (χ4v) is 3.81. The second-order valence-corrected chi connectivity index (χ2v) is 8.13. The number of likely N-dealkylation sites (N-methyl/N-ethyl adjacent to an activating group) is 1. The number of anilines is 1. The molecule has 0 unspecified atom stereocenters. The molecule has 2 aromatic carbocycles. The number of amides is 4. The monoisotopic (exact) mass is 529 g/mol. The minimum absolute atomic E-state index is 0.117. The topological polar surface area (TPSA) is 114 Å². The number of rotatable bonds is 4. The Kier molecular flexibility index (Phi) is 5.88. The molecular weight excluding hydrogens is 518 g/mol. The van der Waals surface area contributed by atoms with Gasteiger partial charge in [0.15, 0.2) is 0 Å². The van der Waals surface area contributed by atoms with Gasteiger partial charge >= 0.3 is 6.03 Å². The Morgan fingerprint density at radius 2 is 1.76 bits per heavy atom. The van der Waals surface area contributed by atoms with Crippen molar-refractivity contribution in [2.24, 2.45) is 0 Å². The number of hydrogen-bond donors (Lipinski definition) is 0. The maximum Gasteiger partial charge on any atom is 0.338 e. The summed E-state index contributed by atoms with van der Waals surface area (Å²) in [5.74, 6) is -1.20. The zero-order valence-electron chi connectivity index (χ0n) is 16.8. The van der Waals surface area contributed by atoms with Gasteiger partial charge < -0.3 is 4.42 Å². The molecule has 4 rings (SSSR count). The van der Waals surface area contributed by atoms with Crippen LogP contribution in [0.2, 0.25) is 5.02 Å². The van der Waals surface area contributed by atoms with E-state index in [0.29, 0.717) is 11.3 Å². The van der Waals surface area contributed by atoms with Crippen LogP contribution in [0.1, 0.15) is 5.76 Å². The quantitative estimate of drug-likeness (QED) is 0.196. The van der Waals surface area contributed by atoms with Crippen LogP contribution < -0.4 is 4.90 Å². The van der Waals surface area contributed by atoms with Crippen LogP contribution >= 0.6 is 27.5 Å². The van der Waals surface area contributed by atoms with Gasteiger partial charge in [-0.15, -0.1) is 0 Å². The summed E-state index contributed by atoms with van der Waals surface area (Å²) in [6.45, 7) is 0. The van der Waals surface area contributed by atoms with Crippen molar-refractivity contribution >= 4 is 62.8 Å². The summed E-state index contributed by atoms with van der Waals surface area (Å²) in [7, 11) is 1.28. The van der Waals surface area contributed by atoms with Gasteiger partial charge in [-0.3, -0.25) is 24.6 Å². The molecule has 1 aliphatic heterocycles. The molecular formula is C22H13BrClN3O6. The molecule has 1 fully saturated rings. The first kappa shape index (κ1) is 22.4. The molecule has 1 aliphatic rings. The smallest absolute Gasteiger partial charge is 0.338 e. The SMILES string of the molecule is CN1C(=O)/C(=C\c2ccc(-c3cc(Cl)c(Br)c([N+](=O)[O-])c3)o2)C(=O)N(c2ccccc2)C1=O. The summed E-state index contributed by atoms with van der Waals surface area (Å²) in [5, 5.41) is 11.4. The maximum absolute atomic E-state index is 13.0. The Labute approximate surface area is 200 Å². The molecule has 166 valence electrons. The molecule has 0 saturated carbocycles. The Hall–Kier alpha value is -3.76. The van der Waals surface area contributed by atoms with E-state index in [1.165, 1.54) is 37.4 Å². The van der Waals surface area contributed by atoms with Crippen molar-refractivity contribution in [3.8, 4) is 11.3 Å². The van der Waals surface area contributed by atoms with Crippen molar-refractivity contribution in [2.45, 2.75) is 0 Å². The lowest BCUT2D eigenvalue weighted by molar-refractivity contribution is -0.385. The minimum Gasteiger partial charge on any atom is -0.457 e. The highest BCUT2D eigenvalue weighted by Gasteiger charge is 2.41. The third-order valence-corrected chi connectivity index (χ3v) is 6.22. The highest BCUT2D eigenvalue weighted by atomic mass is 79.9. The normalized spacial score (nSPS) is 15.5. The maximum atomic E-state index is 13.0. The number of imide groups is 2. The number of urea groups is 1. The van der Waals surface area contributed by atoms with Crippen LogP contribution in [-0.2, 0) is 9.59 Å². The van der Waals surface area contributed by atoms with E-state index in [1.54, 1.807) is 30.3 Å². The van der Waals surface area contributed by atoms with E-state index in [0.717, 1.165) is 9.80 Å². The number of furan rings is 1. The summed E-state index contributed by atoms with van der Waals surface area (Å²) in [4.78, 5) is 50.7. The highest BCUT2D eigenvalue weighted by molar-refractivity contribution is 9.10. The molecule has 4 amide bonds. The van der Waals surface area contributed by atoms with Gasteiger partial charge in [-0.25, -0.2) is 9.69 Å². The van der Waals surface area contributed by atoms with E-state index in [-0.39, 0.29) is 32.3 Å². The Balaban J connectivity index is 1.73. The summed E-state index contributed by atoms with van der Waals surface area (Å²) >= 11 is 9.16. The van der Waals surface area contributed by atoms with Gasteiger partial charge in [-0.05, 0) is 52.3 Å². The van der Waals surface area contributed by atoms with Crippen LogP contribution in [0.5, 0.6) is 0 Å². The molecule has 9 nitrogen and oxygen atoms in total. The van der Waals surface area contributed by atoms with Gasteiger partial charge in [-0.2, -0.15) is 0 Å². The van der Waals surface area contributed by atoms with E-state index in [4.69, 9.17) is 16.0 Å². The average molecular weight is 531 g/mol. The van der Waals surface area contributed by atoms with E-state index < -0.39 is 22.8 Å². The molecule has 0 aliphatic carbocycles. The average Bonchev–Trinajstić information content (AvgIpc) is 3.26. The summed E-state index contributed by atoms with van der Waals surface area (Å²) in [6, 6.07) is 13.2. The summed E-state index contributed by atoms with van der Waals surface area (Å²) in [6.07, 6.45) is 1.22. The largest absolute Gasteiger partial charge is 0.457 e. The lowest BCUT2D eigenvalue weighted by atomic mass is 10.1. The number of barbiturate groups is 1. The number of nitro groups is 1. The lowest BCUT2D eigenvalue weighted by Crippen LogP contribution is -2.55. The number of benzene rings is 2. The van der Waals surface area contributed by atoms with Gasteiger partial charge in [0.2, 0.25) is 0 Å². The Bertz CT molecular complexity index is 1350. The Morgan fingerprint density at radius 3 is 2.42 bits per heavy atom. The molecule has 0 atom stereocenters. The number of carbonyl (C=O) groups is 3. The first-order valence-corrected chi connectivity index (χ1v) is 10.5. The van der Waals surface area contributed by atoms with E-state index in [9.17, 15) is 24.5 Å². The number of hydrogen-bond acceptors (Lipinski definition) is 6. The predicted molar refractivity (Wildman–Crippen MR) is 124 cm³/mol. The van der Waals surface area contributed by atoms with Gasteiger partial charge in [0, 0.05) is 18.7 Å². The van der Waals surface area contributed by atoms with Crippen LogP contribution in [0.15, 0.2) is 69.1 Å². The standard InChI is InChI=1S/C22H13BrClN3O6/c1-25-20(28)15(21(29)26(22(25)30)13-5-3-2-4-6-13)11-14-7-8-18(33-14)12-9-16(24)19(23)17(10-12)27(31)32/h2-11H,1H3/b15-11+. The zero-order chi connectivity index (χ0) is 23.9. The Morgan fingerprint density at radius 1 is 1.06 bits per heavy atom. The molecule has 0 bridgehead atoms.